The molecule has 0 aliphatic heterocycles. The number of thioether (sulfide) groups is 1. The molecule has 1 atom stereocenters. The van der Waals surface area contributed by atoms with E-state index < -0.39 is 11.9 Å². The van der Waals surface area contributed by atoms with Gasteiger partial charge in [0.2, 0.25) is 5.91 Å². The Labute approximate surface area is 123 Å². The number of unbranched alkanes of at least 4 members (excludes halogenated alkanes) is 9. The Bertz CT molecular complexity index is 212. The summed E-state index contributed by atoms with van der Waals surface area (Å²) in [6.45, 7) is 2.26. The fourth-order valence-electron chi connectivity index (χ4n) is 1.98. The fraction of sp³-hybridized carbons (Fsp3) is 0.933. The molecule has 4 heteroatoms. The molecule has 0 fully saturated rings. The Balaban J connectivity index is 3.05. The smallest absolute Gasteiger partial charge is 0.235 e. The van der Waals surface area contributed by atoms with Crippen molar-refractivity contribution in [3.63, 3.8) is 0 Å². The summed E-state index contributed by atoms with van der Waals surface area (Å²) in [5, 5.41) is 0. The van der Waals surface area contributed by atoms with Gasteiger partial charge in [0.25, 0.3) is 0 Å². The van der Waals surface area contributed by atoms with E-state index in [4.69, 9.17) is 11.5 Å². The summed E-state index contributed by atoms with van der Waals surface area (Å²) in [6.07, 6.45) is 13.6. The summed E-state index contributed by atoms with van der Waals surface area (Å²) >= 11 is 1.74. The minimum Gasteiger partial charge on any atom is -0.368 e. The Morgan fingerprint density at radius 1 is 0.947 bits per heavy atom. The van der Waals surface area contributed by atoms with Crippen molar-refractivity contribution < 1.29 is 4.79 Å². The molecule has 3 nitrogen and oxygen atoms in total. The molecule has 0 aromatic rings. The van der Waals surface area contributed by atoms with Crippen LogP contribution in [0.5, 0.6) is 0 Å². The summed E-state index contributed by atoms with van der Waals surface area (Å²) in [7, 11) is 0. The molecule has 0 aliphatic rings. The molecule has 19 heavy (non-hydrogen) atoms. The van der Waals surface area contributed by atoms with Crippen LogP contribution in [0, 0.1) is 0 Å². The average Bonchev–Trinajstić information content (AvgIpc) is 2.39. The van der Waals surface area contributed by atoms with E-state index in [1.54, 1.807) is 11.8 Å². The molecule has 0 spiro atoms. The normalized spacial score (nSPS) is 12.5. The molecule has 0 radical (unpaired) electrons. The van der Waals surface area contributed by atoms with Crippen molar-refractivity contribution in [2.75, 3.05) is 11.5 Å². The number of amides is 1. The van der Waals surface area contributed by atoms with Crippen molar-refractivity contribution in [1.29, 1.82) is 0 Å². The predicted molar refractivity (Wildman–Crippen MR) is 86.3 cm³/mol. The average molecular weight is 289 g/mol. The first-order chi connectivity index (χ1) is 9.18. The molecule has 0 aliphatic carbocycles. The Morgan fingerprint density at radius 2 is 1.42 bits per heavy atom. The summed E-state index contributed by atoms with van der Waals surface area (Å²) in [5.41, 5.74) is 10.6. The minimum absolute atomic E-state index is 0.393. The highest BCUT2D eigenvalue weighted by molar-refractivity contribution is 7.99. The van der Waals surface area contributed by atoms with E-state index in [0.29, 0.717) is 5.75 Å². The van der Waals surface area contributed by atoms with E-state index in [1.807, 2.05) is 0 Å². The second kappa shape index (κ2) is 14.2. The third kappa shape index (κ3) is 14.0. The van der Waals surface area contributed by atoms with Crippen LogP contribution >= 0.6 is 11.8 Å². The van der Waals surface area contributed by atoms with E-state index in [-0.39, 0.29) is 0 Å². The SMILES string of the molecule is CCCCCCCCCCCCSC[C@H](N)C(N)=O. The first-order valence-electron chi connectivity index (χ1n) is 7.81. The standard InChI is InChI=1S/C15H32N2OS/c1-2-3-4-5-6-7-8-9-10-11-12-19-13-14(16)15(17)18/h14H,2-13,16H2,1H3,(H2,17,18)/t14-/m0/s1. The molecule has 0 aromatic carbocycles. The number of hydrogen-bond donors (Lipinski definition) is 2. The number of primary amides is 1. The Morgan fingerprint density at radius 3 is 1.89 bits per heavy atom. The van der Waals surface area contributed by atoms with Gasteiger partial charge in [0.15, 0.2) is 0 Å². The van der Waals surface area contributed by atoms with Crippen molar-refractivity contribution in [3.05, 3.63) is 0 Å². The van der Waals surface area contributed by atoms with E-state index in [9.17, 15) is 4.79 Å². The molecule has 4 N–H and O–H groups in total. The van der Waals surface area contributed by atoms with Crippen LogP contribution in [0.25, 0.3) is 0 Å². The zero-order chi connectivity index (χ0) is 14.3. The van der Waals surface area contributed by atoms with Crippen LogP contribution in [-0.4, -0.2) is 23.5 Å². The molecule has 0 aromatic heterocycles. The number of nitrogens with two attached hydrogens (primary N) is 2. The van der Waals surface area contributed by atoms with Crippen LogP contribution in [0.3, 0.4) is 0 Å². The lowest BCUT2D eigenvalue weighted by atomic mass is 10.1. The van der Waals surface area contributed by atoms with Crippen molar-refractivity contribution in [2.24, 2.45) is 11.5 Å². The summed E-state index contributed by atoms with van der Waals surface area (Å²) in [6, 6.07) is -0.479. The molecule has 114 valence electrons. The molecular weight excluding hydrogens is 256 g/mol. The van der Waals surface area contributed by atoms with Crippen molar-refractivity contribution in [2.45, 2.75) is 77.2 Å². The third-order valence-corrected chi connectivity index (χ3v) is 4.48. The lowest BCUT2D eigenvalue weighted by Gasteiger charge is -2.06. The lowest BCUT2D eigenvalue weighted by molar-refractivity contribution is -0.118. The third-order valence-electron chi connectivity index (χ3n) is 3.31. The molecule has 0 heterocycles. The van der Waals surface area contributed by atoms with Crippen LogP contribution in [0.1, 0.15) is 71.1 Å². The first-order valence-corrected chi connectivity index (χ1v) is 8.96. The monoisotopic (exact) mass is 288 g/mol. The number of rotatable bonds is 14. The summed E-state index contributed by atoms with van der Waals surface area (Å²) in [4.78, 5) is 10.7. The summed E-state index contributed by atoms with van der Waals surface area (Å²) < 4.78 is 0. The number of hydrogen-bond acceptors (Lipinski definition) is 3. The van der Waals surface area contributed by atoms with E-state index in [0.717, 1.165) is 5.75 Å². The Kier molecular flexibility index (Phi) is 14.0. The predicted octanol–water partition coefficient (Wildman–Crippen LogP) is 3.45. The van der Waals surface area contributed by atoms with Crippen molar-refractivity contribution in [1.82, 2.24) is 0 Å². The van der Waals surface area contributed by atoms with Crippen LogP contribution < -0.4 is 11.5 Å². The van der Waals surface area contributed by atoms with E-state index >= 15 is 0 Å². The van der Waals surface area contributed by atoms with Gasteiger partial charge in [-0.1, -0.05) is 64.7 Å². The van der Waals surface area contributed by atoms with E-state index in [2.05, 4.69) is 6.92 Å². The highest BCUT2D eigenvalue weighted by atomic mass is 32.2. The minimum atomic E-state index is -0.479. The van der Waals surface area contributed by atoms with E-state index in [1.165, 1.54) is 64.2 Å². The molecule has 0 unspecified atom stereocenters. The van der Waals surface area contributed by atoms with Crippen LogP contribution in [-0.2, 0) is 4.79 Å². The quantitative estimate of drug-likeness (QED) is 0.481. The maximum atomic E-state index is 10.7. The van der Waals surface area contributed by atoms with Gasteiger partial charge < -0.3 is 11.5 Å². The second-order valence-electron chi connectivity index (χ2n) is 5.27. The highest BCUT2D eigenvalue weighted by Gasteiger charge is 2.07. The maximum Gasteiger partial charge on any atom is 0.235 e. The maximum absolute atomic E-state index is 10.7. The fourth-order valence-corrected chi connectivity index (χ4v) is 2.98. The van der Waals surface area contributed by atoms with Crippen LogP contribution in [0.2, 0.25) is 0 Å². The van der Waals surface area contributed by atoms with Gasteiger partial charge in [-0.2, -0.15) is 11.8 Å². The van der Waals surface area contributed by atoms with Gasteiger partial charge in [-0.3, -0.25) is 4.79 Å². The van der Waals surface area contributed by atoms with Crippen molar-refractivity contribution >= 4 is 17.7 Å². The molecule has 0 saturated carbocycles. The van der Waals surface area contributed by atoms with Gasteiger partial charge in [0.05, 0.1) is 6.04 Å². The molecule has 1 amide bonds. The number of carbonyl (C=O) groups excluding carboxylic acids is 1. The molecule has 0 saturated heterocycles. The lowest BCUT2D eigenvalue weighted by Crippen LogP contribution is -2.38. The zero-order valence-electron chi connectivity index (χ0n) is 12.5. The highest BCUT2D eigenvalue weighted by Crippen LogP contribution is 2.12. The van der Waals surface area contributed by atoms with Gasteiger partial charge >= 0.3 is 0 Å². The Hall–Kier alpha value is -0.220. The van der Waals surface area contributed by atoms with Crippen LogP contribution in [0.15, 0.2) is 0 Å². The van der Waals surface area contributed by atoms with Gasteiger partial charge in [-0.25, -0.2) is 0 Å². The first kappa shape index (κ1) is 18.8. The molecule has 0 rings (SSSR count). The van der Waals surface area contributed by atoms with Gasteiger partial charge in [0.1, 0.15) is 0 Å². The molecular formula is C15H32N2OS. The molecule has 0 bridgehead atoms. The van der Waals surface area contributed by atoms with Gasteiger partial charge in [-0.15, -0.1) is 0 Å². The van der Waals surface area contributed by atoms with Crippen molar-refractivity contribution in [3.8, 4) is 0 Å². The second-order valence-corrected chi connectivity index (χ2v) is 6.42. The zero-order valence-corrected chi connectivity index (χ0v) is 13.4. The van der Waals surface area contributed by atoms with Crippen LogP contribution in [0.4, 0.5) is 0 Å². The summed E-state index contributed by atoms with van der Waals surface area (Å²) in [5.74, 6) is 1.36. The topological polar surface area (TPSA) is 69.1 Å². The van der Waals surface area contributed by atoms with Gasteiger partial charge in [0, 0.05) is 5.75 Å². The number of carbonyl (C=O) groups is 1. The van der Waals surface area contributed by atoms with Gasteiger partial charge in [-0.05, 0) is 12.2 Å². The largest absolute Gasteiger partial charge is 0.368 e.